The molecule has 0 aliphatic rings. The molecule has 0 amide bonds. The van der Waals surface area contributed by atoms with Gasteiger partial charge < -0.3 is 15.1 Å². The molecular weight excluding hydrogens is 412 g/mol. The second kappa shape index (κ2) is 9.64. The van der Waals surface area contributed by atoms with E-state index in [0.717, 1.165) is 33.7 Å². The van der Waals surface area contributed by atoms with E-state index in [-0.39, 0.29) is 0 Å². The zero-order valence-corrected chi connectivity index (χ0v) is 18.5. The molecule has 1 radical (unpaired) electrons. The second-order valence-electron chi connectivity index (χ2n) is 7.91. The number of halogens is 3. The summed E-state index contributed by atoms with van der Waals surface area (Å²) in [4.78, 5) is 0.966. The molecule has 0 spiro atoms. The van der Waals surface area contributed by atoms with Crippen LogP contribution in [0.15, 0.2) is 47.4 Å². The minimum atomic E-state index is -4.35. The van der Waals surface area contributed by atoms with E-state index >= 15 is 0 Å². The van der Waals surface area contributed by atoms with Crippen molar-refractivity contribution in [3.63, 3.8) is 0 Å². The molecule has 0 saturated carbocycles. The summed E-state index contributed by atoms with van der Waals surface area (Å²) >= 11 is 1.45. The van der Waals surface area contributed by atoms with E-state index in [4.69, 9.17) is 4.65 Å². The fraction of sp³-hybridized carbons (Fsp3) is 0.429. The molecule has 2 rings (SSSR count). The van der Waals surface area contributed by atoms with Crippen molar-refractivity contribution in [1.82, 2.24) is 4.72 Å². The molecule has 0 heterocycles. The summed E-state index contributed by atoms with van der Waals surface area (Å²) in [5.74, 6) is 0. The van der Waals surface area contributed by atoms with Crippen LogP contribution in [0.3, 0.4) is 0 Å². The molecule has 0 unspecified atom stereocenters. The number of nitrogens with one attached hydrogen (secondary N) is 2. The first-order chi connectivity index (χ1) is 13.8. The predicted molar refractivity (Wildman–Crippen MR) is 117 cm³/mol. The van der Waals surface area contributed by atoms with Crippen LogP contribution in [0.2, 0.25) is 0 Å². The van der Waals surface area contributed by atoms with Gasteiger partial charge in [0.05, 0.1) is 16.8 Å². The Bertz CT molecular complexity index is 838. The van der Waals surface area contributed by atoms with Crippen LogP contribution in [0.25, 0.3) is 0 Å². The molecular formula is C21H27BF3N2O2S. The minimum absolute atomic E-state index is 0.354. The fourth-order valence-corrected chi connectivity index (χ4v) is 2.90. The van der Waals surface area contributed by atoms with Crippen LogP contribution >= 0.6 is 11.9 Å². The Kier molecular flexibility index (Phi) is 7.90. The average Bonchev–Trinajstić information content (AvgIpc) is 2.64. The van der Waals surface area contributed by atoms with E-state index in [2.05, 4.69) is 10.0 Å². The van der Waals surface area contributed by atoms with Gasteiger partial charge in [-0.25, -0.2) is 0 Å². The minimum Gasteiger partial charge on any atom is -0.427 e. The van der Waals surface area contributed by atoms with Crippen LogP contribution in [0.5, 0.6) is 0 Å². The van der Waals surface area contributed by atoms with Crippen LogP contribution in [0.4, 0.5) is 18.9 Å². The summed E-state index contributed by atoms with van der Waals surface area (Å²) in [5.41, 5.74) is -0.309. The number of hydrogen-bond donors (Lipinski definition) is 3. The summed E-state index contributed by atoms with van der Waals surface area (Å²) < 4.78 is 47.1. The van der Waals surface area contributed by atoms with E-state index in [9.17, 15) is 18.3 Å². The molecule has 3 N–H and O–H groups in total. The number of alkyl halides is 3. The van der Waals surface area contributed by atoms with Gasteiger partial charge >= 0.3 is 13.7 Å². The Balaban J connectivity index is 2.16. The Morgan fingerprint density at radius 2 is 1.67 bits per heavy atom. The van der Waals surface area contributed by atoms with Crippen molar-refractivity contribution in [1.29, 1.82) is 0 Å². The van der Waals surface area contributed by atoms with Crippen molar-refractivity contribution >= 4 is 30.6 Å². The van der Waals surface area contributed by atoms with Crippen LogP contribution in [-0.2, 0) is 17.4 Å². The van der Waals surface area contributed by atoms with Crippen molar-refractivity contribution in [3.05, 3.63) is 53.6 Å². The van der Waals surface area contributed by atoms with E-state index < -0.39 is 22.9 Å². The summed E-state index contributed by atoms with van der Waals surface area (Å²) in [5, 5.41) is 13.6. The molecule has 2 aromatic rings. The standard InChI is InChI=1S/C21H27BF3N2O2S/c1-19(2,28)20(3,4)29-22-17-12-16(30-26-5)10-11-18(17)27-13-14-6-8-15(9-7-14)21(23,24)25/h6-12,26-28H,13H2,1-5H3. The van der Waals surface area contributed by atoms with E-state index in [0.29, 0.717) is 6.54 Å². The molecule has 0 bridgehead atoms. The first kappa shape index (κ1) is 24.6. The topological polar surface area (TPSA) is 53.5 Å². The number of anilines is 1. The van der Waals surface area contributed by atoms with Crippen molar-refractivity contribution in [3.8, 4) is 0 Å². The summed E-state index contributed by atoms with van der Waals surface area (Å²) in [6.07, 6.45) is -4.35. The molecule has 4 nitrogen and oxygen atoms in total. The largest absolute Gasteiger partial charge is 0.427 e. The van der Waals surface area contributed by atoms with Crippen LogP contribution < -0.4 is 15.5 Å². The first-order valence-electron chi connectivity index (χ1n) is 9.44. The smallest absolute Gasteiger partial charge is 0.416 e. The highest BCUT2D eigenvalue weighted by Crippen LogP contribution is 2.29. The van der Waals surface area contributed by atoms with Crippen LogP contribution in [0.1, 0.15) is 38.8 Å². The lowest BCUT2D eigenvalue weighted by Gasteiger charge is -2.37. The Morgan fingerprint density at radius 1 is 1.03 bits per heavy atom. The third-order valence-electron chi connectivity index (χ3n) is 4.96. The van der Waals surface area contributed by atoms with Gasteiger partial charge in [0.25, 0.3) is 0 Å². The van der Waals surface area contributed by atoms with E-state index in [1.54, 1.807) is 35.2 Å². The van der Waals surface area contributed by atoms with Crippen molar-refractivity contribution in [2.24, 2.45) is 0 Å². The second-order valence-corrected chi connectivity index (χ2v) is 8.99. The van der Waals surface area contributed by atoms with Crippen molar-refractivity contribution in [2.75, 3.05) is 12.4 Å². The van der Waals surface area contributed by atoms with Gasteiger partial charge in [-0.15, -0.1) is 0 Å². The third-order valence-corrected chi connectivity index (χ3v) is 5.65. The third kappa shape index (κ3) is 6.67. The molecule has 30 heavy (non-hydrogen) atoms. The number of aliphatic hydroxyl groups is 1. The number of benzene rings is 2. The van der Waals surface area contributed by atoms with E-state index in [1.165, 1.54) is 24.1 Å². The lowest BCUT2D eigenvalue weighted by Crippen LogP contribution is -2.49. The SMILES string of the molecule is CNSc1ccc(NCc2ccc(C(F)(F)F)cc2)c([B]OC(C)(C)C(C)(C)O)c1. The summed E-state index contributed by atoms with van der Waals surface area (Å²) in [6.45, 7) is 7.30. The van der Waals surface area contributed by atoms with Gasteiger partial charge in [0.15, 0.2) is 0 Å². The summed E-state index contributed by atoms with van der Waals surface area (Å²) in [7, 11) is 3.41. The number of hydrogen-bond acceptors (Lipinski definition) is 5. The van der Waals surface area contributed by atoms with Gasteiger partial charge in [-0.05, 0) is 88.0 Å². The average molecular weight is 439 g/mol. The highest BCUT2D eigenvalue weighted by molar-refractivity contribution is 7.97. The Labute approximate surface area is 181 Å². The molecule has 0 aliphatic carbocycles. The molecule has 2 aromatic carbocycles. The molecule has 0 fully saturated rings. The number of rotatable bonds is 9. The molecule has 0 atom stereocenters. The van der Waals surface area contributed by atoms with Crippen molar-refractivity contribution < 1.29 is 22.9 Å². The molecule has 9 heteroatoms. The van der Waals surface area contributed by atoms with Crippen molar-refractivity contribution in [2.45, 2.75) is 56.5 Å². The quantitative estimate of drug-likeness (QED) is 0.401. The van der Waals surface area contributed by atoms with E-state index in [1.807, 2.05) is 25.2 Å². The molecule has 0 saturated heterocycles. The molecule has 0 aliphatic heterocycles. The van der Waals surface area contributed by atoms with Gasteiger partial charge in [-0.3, -0.25) is 4.72 Å². The van der Waals surface area contributed by atoms with Crippen LogP contribution in [-0.4, -0.2) is 30.8 Å². The van der Waals surface area contributed by atoms with Gasteiger partial charge in [0, 0.05) is 17.1 Å². The predicted octanol–water partition coefficient (Wildman–Crippen LogP) is 4.35. The normalized spacial score (nSPS) is 12.7. The maximum atomic E-state index is 12.7. The zero-order valence-electron chi connectivity index (χ0n) is 17.7. The van der Waals surface area contributed by atoms with Gasteiger partial charge in [-0.1, -0.05) is 12.1 Å². The monoisotopic (exact) mass is 439 g/mol. The Hall–Kier alpha value is -1.68. The Morgan fingerprint density at radius 3 is 2.20 bits per heavy atom. The fourth-order valence-electron chi connectivity index (χ4n) is 2.34. The van der Waals surface area contributed by atoms with Crippen LogP contribution in [0, 0.1) is 0 Å². The highest BCUT2D eigenvalue weighted by atomic mass is 32.2. The highest BCUT2D eigenvalue weighted by Gasteiger charge is 2.36. The maximum Gasteiger partial charge on any atom is 0.416 e. The lowest BCUT2D eigenvalue weighted by molar-refractivity contribution is -0.137. The van der Waals surface area contributed by atoms with Gasteiger partial charge in [0.1, 0.15) is 0 Å². The zero-order chi connectivity index (χ0) is 22.6. The lowest BCUT2D eigenvalue weighted by atomic mass is 9.81. The van der Waals surface area contributed by atoms with Gasteiger partial charge in [0.2, 0.25) is 0 Å². The summed E-state index contributed by atoms with van der Waals surface area (Å²) in [6, 6.07) is 10.8. The maximum absolute atomic E-state index is 12.7. The first-order valence-corrected chi connectivity index (χ1v) is 10.3. The molecule has 0 aromatic heterocycles. The van der Waals surface area contributed by atoms with Gasteiger partial charge in [-0.2, -0.15) is 13.2 Å². The molecule has 163 valence electrons.